The number of nitrogens with zero attached hydrogens (tertiary/aromatic N) is 1. The van der Waals surface area contributed by atoms with E-state index in [0.29, 0.717) is 27.8 Å². The number of nitrogens with one attached hydrogen (secondary N) is 1. The van der Waals surface area contributed by atoms with Crippen LogP contribution < -0.4 is 10.1 Å². The van der Waals surface area contributed by atoms with Crippen LogP contribution in [0.5, 0.6) is 5.75 Å². The third-order valence-corrected chi connectivity index (χ3v) is 7.67. The van der Waals surface area contributed by atoms with Crippen molar-refractivity contribution in [3.8, 4) is 5.75 Å². The molecule has 1 fully saturated rings. The van der Waals surface area contributed by atoms with Gasteiger partial charge in [0.2, 0.25) is 5.91 Å². The van der Waals surface area contributed by atoms with E-state index in [-0.39, 0.29) is 31.0 Å². The lowest BCUT2D eigenvalue weighted by Gasteiger charge is -2.33. The molecule has 0 spiro atoms. The SMILES string of the molecule is Cc1cccc(OCC(=O)N(Cc2c(Cl)cccc2Cl)C(Cc2ccccc2)C(=O)NC2CCCCC2)c1. The Kier molecular flexibility index (Phi) is 10.1. The number of aryl methyl sites for hydroxylation is 1. The summed E-state index contributed by atoms with van der Waals surface area (Å²) in [6, 6.07) is 21.9. The average Bonchev–Trinajstić information content (AvgIpc) is 2.92. The Morgan fingerprint density at radius 1 is 0.947 bits per heavy atom. The summed E-state index contributed by atoms with van der Waals surface area (Å²) in [6.45, 7) is 1.84. The third-order valence-electron chi connectivity index (χ3n) is 6.96. The quantitative estimate of drug-likeness (QED) is 0.302. The average molecular weight is 554 g/mol. The maximum atomic E-state index is 13.8. The van der Waals surface area contributed by atoms with Gasteiger partial charge in [-0.15, -0.1) is 0 Å². The lowest BCUT2D eigenvalue weighted by molar-refractivity contribution is -0.143. The number of hydrogen-bond acceptors (Lipinski definition) is 3. The first-order valence-electron chi connectivity index (χ1n) is 13.2. The van der Waals surface area contributed by atoms with Crippen LogP contribution in [0, 0.1) is 6.92 Å². The molecular weight excluding hydrogens is 519 g/mol. The normalized spacial score (nSPS) is 14.5. The second-order valence-corrected chi connectivity index (χ2v) is 10.7. The van der Waals surface area contributed by atoms with Crippen LogP contribution in [0.2, 0.25) is 10.0 Å². The number of halogens is 2. The molecule has 1 saturated carbocycles. The monoisotopic (exact) mass is 552 g/mol. The number of carbonyl (C=O) groups excluding carboxylic acids is 2. The molecule has 1 N–H and O–H groups in total. The maximum absolute atomic E-state index is 13.8. The van der Waals surface area contributed by atoms with Crippen molar-refractivity contribution >= 4 is 35.0 Å². The van der Waals surface area contributed by atoms with Gasteiger partial charge in [0.15, 0.2) is 6.61 Å². The van der Waals surface area contributed by atoms with Crippen LogP contribution in [0.4, 0.5) is 0 Å². The van der Waals surface area contributed by atoms with Crippen LogP contribution in [0.15, 0.2) is 72.8 Å². The van der Waals surface area contributed by atoms with E-state index in [1.54, 1.807) is 23.1 Å². The topological polar surface area (TPSA) is 58.6 Å². The van der Waals surface area contributed by atoms with Crippen molar-refractivity contribution in [2.45, 2.75) is 64.1 Å². The maximum Gasteiger partial charge on any atom is 0.261 e. The summed E-state index contributed by atoms with van der Waals surface area (Å²) in [4.78, 5) is 29.2. The molecule has 38 heavy (non-hydrogen) atoms. The molecule has 3 aromatic rings. The summed E-state index contributed by atoms with van der Waals surface area (Å²) in [7, 11) is 0. The molecule has 0 heterocycles. The summed E-state index contributed by atoms with van der Waals surface area (Å²) in [5, 5.41) is 4.12. The van der Waals surface area contributed by atoms with E-state index >= 15 is 0 Å². The minimum Gasteiger partial charge on any atom is -0.484 e. The first kappa shape index (κ1) is 28.0. The van der Waals surface area contributed by atoms with Gasteiger partial charge in [0.05, 0.1) is 0 Å². The van der Waals surface area contributed by atoms with Crippen molar-refractivity contribution in [3.63, 3.8) is 0 Å². The Hall–Kier alpha value is -3.02. The third kappa shape index (κ3) is 7.75. The van der Waals surface area contributed by atoms with E-state index in [1.807, 2.05) is 61.5 Å². The number of carbonyl (C=O) groups is 2. The van der Waals surface area contributed by atoms with Gasteiger partial charge in [-0.25, -0.2) is 0 Å². The smallest absolute Gasteiger partial charge is 0.261 e. The van der Waals surface area contributed by atoms with Crippen LogP contribution in [0.1, 0.15) is 48.8 Å². The molecular formula is C31H34Cl2N2O3. The van der Waals surface area contributed by atoms with Gasteiger partial charge in [-0.2, -0.15) is 0 Å². The number of rotatable bonds is 10. The first-order valence-corrected chi connectivity index (χ1v) is 13.9. The van der Waals surface area contributed by atoms with Crippen molar-refractivity contribution in [1.82, 2.24) is 10.2 Å². The highest BCUT2D eigenvalue weighted by Crippen LogP contribution is 2.28. The molecule has 7 heteroatoms. The Morgan fingerprint density at radius 3 is 2.32 bits per heavy atom. The standard InChI is InChI=1S/C31H34Cl2N2O3/c1-22-10-8-15-25(18-22)38-21-30(36)35(20-26-27(32)16-9-17-28(26)33)29(19-23-11-4-2-5-12-23)31(37)34-24-13-6-3-7-14-24/h2,4-5,8-12,15-18,24,29H,3,6-7,13-14,19-21H2,1H3,(H,34,37). The highest BCUT2D eigenvalue weighted by molar-refractivity contribution is 6.36. The summed E-state index contributed by atoms with van der Waals surface area (Å²) in [6.07, 6.45) is 5.63. The molecule has 200 valence electrons. The minimum absolute atomic E-state index is 0.0874. The summed E-state index contributed by atoms with van der Waals surface area (Å²) in [5.74, 6) is 0.107. The fourth-order valence-corrected chi connectivity index (χ4v) is 5.40. The van der Waals surface area contributed by atoms with E-state index < -0.39 is 6.04 Å². The first-order chi connectivity index (χ1) is 18.4. The molecule has 1 aliphatic carbocycles. The fraction of sp³-hybridized carbons (Fsp3) is 0.355. The predicted octanol–water partition coefficient (Wildman–Crippen LogP) is 6.77. The van der Waals surface area contributed by atoms with E-state index in [4.69, 9.17) is 27.9 Å². The van der Waals surface area contributed by atoms with Crippen molar-refractivity contribution in [3.05, 3.63) is 99.5 Å². The van der Waals surface area contributed by atoms with Gasteiger partial charge in [-0.3, -0.25) is 9.59 Å². The highest BCUT2D eigenvalue weighted by atomic mass is 35.5. The molecule has 3 aromatic carbocycles. The van der Waals surface area contributed by atoms with E-state index in [2.05, 4.69) is 5.32 Å². The van der Waals surface area contributed by atoms with Gasteiger partial charge in [0.1, 0.15) is 11.8 Å². The number of ether oxygens (including phenoxy) is 1. The Balaban J connectivity index is 1.65. The Morgan fingerprint density at radius 2 is 1.63 bits per heavy atom. The summed E-state index contributed by atoms with van der Waals surface area (Å²) >= 11 is 13.0. The van der Waals surface area contributed by atoms with Crippen LogP contribution in [-0.4, -0.2) is 35.4 Å². The van der Waals surface area contributed by atoms with Crippen LogP contribution in [-0.2, 0) is 22.6 Å². The highest BCUT2D eigenvalue weighted by Gasteiger charge is 2.33. The molecule has 1 unspecified atom stereocenters. The van der Waals surface area contributed by atoms with Gasteiger partial charge in [0, 0.05) is 34.6 Å². The molecule has 0 radical (unpaired) electrons. The lowest BCUT2D eigenvalue weighted by Crippen LogP contribution is -2.53. The van der Waals surface area contributed by atoms with E-state index in [9.17, 15) is 9.59 Å². The van der Waals surface area contributed by atoms with Crippen LogP contribution in [0.25, 0.3) is 0 Å². The minimum atomic E-state index is -0.764. The Bertz CT molecular complexity index is 1210. The van der Waals surface area contributed by atoms with Gasteiger partial charge in [0.25, 0.3) is 5.91 Å². The molecule has 5 nitrogen and oxygen atoms in total. The summed E-state index contributed by atoms with van der Waals surface area (Å²) in [5.41, 5.74) is 2.59. The van der Waals surface area contributed by atoms with Crippen molar-refractivity contribution in [1.29, 1.82) is 0 Å². The molecule has 0 aromatic heterocycles. The fourth-order valence-electron chi connectivity index (χ4n) is 4.89. The van der Waals surface area contributed by atoms with Crippen molar-refractivity contribution in [2.75, 3.05) is 6.61 Å². The lowest BCUT2D eigenvalue weighted by atomic mass is 9.94. The second kappa shape index (κ2) is 13.7. The zero-order chi connectivity index (χ0) is 26.9. The summed E-state index contributed by atoms with van der Waals surface area (Å²) < 4.78 is 5.87. The second-order valence-electron chi connectivity index (χ2n) is 9.88. The molecule has 2 amide bonds. The molecule has 1 aliphatic rings. The number of benzene rings is 3. The van der Waals surface area contributed by atoms with Gasteiger partial charge in [-0.05, 0) is 55.2 Å². The number of amides is 2. The van der Waals surface area contributed by atoms with Crippen molar-refractivity contribution in [2.24, 2.45) is 0 Å². The van der Waals surface area contributed by atoms with Crippen LogP contribution in [0.3, 0.4) is 0 Å². The van der Waals surface area contributed by atoms with Gasteiger partial charge < -0.3 is 15.0 Å². The largest absolute Gasteiger partial charge is 0.484 e. The molecule has 0 aliphatic heterocycles. The predicted molar refractivity (Wildman–Crippen MR) is 153 cm³/mol. The zero-order valence-electron chi connectivity index (χ0n) is 21.7. The molecule has 1 atom stereocenters. The van der Waals surface area contributed by atoms with Crippen molar-refractivity contribution < 1.29 is 14.3 Å². The van der Waals surface area contributed by atoms with E-state index in [1.165, 1.54) is 6.42 Å². The molecule has 4 rings (SSSR count). The molecule has 0 saturated heterocycles. The van der Waals surface area contributed by atoms with Gasteiger partial charge >= 0.3 is 0 Å². The van der Waals surface area contributed by atoms with Gasteiger partial charge in [-0.1, -0.05) is 91.0 Å². The number of hydrogen-bond donors (Lipinski definition) is 1. The Labute approximate surface area is 235 Å². The zero-order valence-corrected chi connectivity index (χ0v) is 23.2. The van der Waals surface area contributed by atoms with E-state index in [0.717, 1.165) is 36.8 Å². The van der Waals surface area contributed by atoms with Crippen LogP contribution >= 0.6 is 23.2 Å². The molecule has 0 bridgehead atoms.